The van der Waals surface area contributed by atoms with E-state index in [1.54, 1.807) is 12.1 Å². The van der Waals surface area contributed by atoms with Gasteiger partial charge in [-0.05, 0) is 49.6 Å². The number of thiophene rings is 1. The van der Waals surface area contributed by atoms with Crippen molar-refractivity contribution in [2.24, 2.45) is 0 Å². The highest BCUT2D eigenvalue weighted by Gasteiger charge is 2.13. The van der Waals surface area contributed by atoms with Crippen molar-refractivity contribution in [1.29, 1.82) is 0 Å². The van der Waals surface area contributed by atoms with Gasteiger partial charge in [-0.25, -0.2) is 0 Å². The van der Waals surface area contributed by atoms with Crippen LogP contribution in [0.15, 0.2) is 24.3 Å². The molecule has 100 valence electrons. The molecule has 2 aromatic rings. The zero-order valence-corrected chi connectivity index (χ0v) is 12.1. The van der Waals surface area contributed by atoms with Crippen LogP contribution in [0.3, 0.4) is 0 Å². The molecule has 0 aliphatic carbocycles. The number of hydrogen-bond acceptors (Lipinski definition) is 3. The Labute approximate surface area is 116 Å². The normalized spacial score (nSPS) is 10.5. The Bertz CT molecular complexity index is 617. The predicted octanol–water partition coefficient (Wildman–Crippen LogP) is 3.89. The summed E-state index contributed by atoms with van der Waals surface area (Å²) in [5.74, 6) is -0.0794. The average Bonchev–Trinajstić information content (AvgIpc) is 2.74. The fourth-order valence-corrected chi connectivity index (χ4v) is 2.92. The Kier molecular flexibility index (Phi) is 3.90. The number of aryl methyl sites for hydroxylation is 3. The van der Waals surface area contributed by atoms with Crippen LogP contribution in [0.4, 0.5) is 5.69 Å². The second kappa shape index (κ2) is 5.45. The standard InChI is InChI=1S/C15H17NO2S/c1-4-11-8-14(19-10(11)3)15(18)16-12-6-5-9(2)7-13(12)17/h5-8,17H,4H2,1-3H3,(H,16,18). The third-order valence-electron chi connectivity index (χ3n) is 3.03. The molecule has 0 unspecified atom stereocenters. The van der Waals surface area contributed by atoms with Crippen LogP contribution in [0.25, 0.3) is 0 Å². The lowest BCUT2D eigenvalue weighted by Gasteiger charge is -2.06. The lowest BCUT2D eigenvalue weighted by Crippen LogP contribution is -2.10. The van der Waals surface area contributed by atoms with Crippen LogP contribution in [0.1, 0.15) is 32.6 Å². The minimum Gasteiger partial charge on any atom is -0.506 e. The number of aromatic hydroxyl groups is 1. The topological polar surface area (TPSA) is 49.3 Å². The average molecular weight is 275 g/mol. The molecule has 0 fully saturated rings. The number of phenolic OH excluding ortho intramolecular Hbond substituents is 1. The van der Waals surface area contributed by atoms with E-state index < -0.39 is 0 Å². The van der Waals surface area contributed by atoms with E-state index in [0.717, 1.165) is 12.0 Å². The van der Waals surface area contributed by atoms with E-state index in [0.29, 0.717) is 10.6 Å². The third-order valence-corrected chi connectivity index (χ3v) is 4.12. The van der Waals surface area contributed by atoms with E-state index in [-0.39, 0.29) is 11.7 Å². The Hall–Kier alpha value is -1.81. The van der Waals surface area contributed by atoms with E-state index in [4.69, 9.17) is 0 Å². The van der Waals surface area contributed by atoms with Crippen molar-refractivity contribution in [2.45, 2.75) is 27.2 Å². The molecule has 0 saturated heterocycles. The van der Waals surface area contributed by atoms with Crippen LogP contribution >= 0.6 is 11.3 Å². The highest BCUT2D eigenvalue weighted by Crippen LogP contribution is 2.27. The minimum absolute atomic E-state index is 0.0948. The number of benzene rings is 1. The maximum absolute atomic E-state index is 12.1. The Balaban J connectivity index is 2.20. The van der Waals surface area contributed by atoms with E-state index in [2.05, 4.69) is 12.2 Å². The third kappa shape index (κ3) is 2.96. The van der Waals surface area contributed by atoms with Crippen LogP contribution in [0.5, 0.6) is 5.75 Å². The van der Waals surface area contributed by atoms with E-state index in [9.17, 15) is 9.90 Å². The fraction of sp³-hybridized carbons (Fsp3) is 0.267. The van der Waals surface area contributed by atoms with Gasteiger partial charge >= 0.3 is 0 Å². The molecule has 0 bridgehead atoms. The van der Waals surface area contributed by atoms with Gasteiger partial charge in [0.1, 0.15) is 5.75 Å². The number of nitrogens with one attached hydrogen (secondary N) is 1. The van der Waals surface area contributed by atoms with Crippen molar-refractivity contribution in [1.82, 2.24) is 0 Å². The monoisotopic (exact) mass is 275 g/mol. The molecule has 0 spiro atoms. The van der Waals surface area contributed by atoms with Gasteiger partial charge in [0, 0.05) is 4.88 Å². The van der Waals surface area contributed by atoms with Crippen molar-refractivity contribution in [2.75, 3.05) is 5.32 Å². The van der Waals surface area contributed by atoms with E-state index in [1.807, 2.05) is 26.0 Å². The first-order chi connectivity index (χ1) is 9.01. The van der Waals surface area contributed by atoms with Crippen LogP contribution in [0.2, 0.25) is 0 Å². The minimum atomic E-state index is -0.174. The molecule has 1 heterocycles. The first kappa shape index (κ1) is 13.6. The molecule has 4 heteroatoms. The predicted molar refractivity (Wildman–Crippen MR) is 79.2 cm³/mol. The zero-order valence-electron chi connectivity index (χ0n) is 11.3. The SMILES string of the molecule is CCc1cc(C(=O)Nc2ccc(C)cc2O)sc1C. The molecule has 0 saturated carbocycles. The number of amides is 1. The van der Waals surface area contributed by atoms with E-state index >= 15 is 0 Å². The van der Waals surface area contributed by atoms with Gasteiger partial charge in [0.2, 0.25) is 0 Å². The van der Waals surface area contributed by atoms with Crippen LogP contribution < -0.4 is 5.32 Å². The Morgan fingerprint density at radius 1 is 1.32 bits per heavy atom. The molecule has 3 nitrogen and oxygen atoms in total. The van der Waals surface area contributed by atoms with Crippen molar-refractivity contribution < 1.29 is 9.90 Å². The zero-order chi connectivity index (χ0) is 14.0. The van der Waals surface area contributed by atoms with Gasteiger partial charge in [0.25, 0.3) is 5.91 Å². The highest BCUT2D eigenvalue weighted by atomic mass is 32.1. The maximum Gasteiger partial charge on any atom is 0.265 e. The van der Waals surface area contributed by atoms with Gasteiger partial charge in [0.05, 0.1) is 10.6 Å². The lowest BCUT2D eigenvalue weighted by atomic mass is 10.2. The van der Waals surface area contributed by atoms with Gasteiger partial charge in [-0.3, -0.25) is 4.79 Å². The number of rotatable bonds is 3. The Morgan fingerprint density at radius 2 is 2.05 bits per heavy atom. The highest BCUT2D eigenvalue weighted by molar-refractivity contribution is 7.14. The summed E-state index contributed by atoms with van der Waals surface area (Å²) in [6, 6.07) is 7.11. The number of carbonyl (C=O) groups excluding carboxylic acids is 1. The molecular formula is C15H17NO2S. The molecule has 19 heavy (non-hydrogen) atoms. The second-order valence-corrected chi connectivity index (χ2v) is 5.78. The molecule has 1 amide bonds. The first-order valence-electron chi connectivity index (χ1n) is 6.21. The van der Waals surface area contributed by atoms with Gasteiger partial charge in [-0.1, -0.05) is 13.0 Å². The summed E-state index contributed by atoms with van der Waals surface area (Å²) in [5.41, 5.74) is 2.60. The smallest absolute Gasteiger partial charge is 0.265 e. The van der Waals surface area contributed by atoms with Crippen LogP contribution in [-0.4, -0.2) is 11.0 Å². The molecule has 1 aromatic carbocycles. The molecule has 0 aliphatic heterocycles. The lowest BCUT2D eigenvalue weighted by molar-refractivity contribution is 0.103. The summed E-state index contributed by atoms with van der Waals surface area (Å²) in [6.45, 7) is 5.98. The molecule has 2 N–H and O–H groups in total. The molecule has 0 radical (unpaired) electrons. The molecule has 2 rings (SSSR count). The quantitative estimate of drug-likeness (QED) is 0.835. The second-order valence-electron chi connectivity index (χ2n) is 4.52. The summed E-state index contributed by atoms with van der Waals surface area (Å²) < 4.78 is 0. The number of phenols is 1. The van der Waals surface area contributed by atoms with E-state index in [1.165, 1.54) is 21.8 Å². The molecule has 0 aliphatic rings. The van der Waals surface area contributed by atoms with Gasteiger partial charge in [-0.15, -0.1) is 11.3 Å². The summed E-state index contributed by atoms with van der Waals surface area (Å²) in [6.07, 6.45) is 0.922. The summed E-state index contributed by atoms with van der Waals surface area (Å²) >= 11 is 1.48. The van der Waals surface area contributed by atoms with Gasteiger partial charge in [-0.2, -0.15) is 0 Å². The van der Waals surface area contributed by atoms with Crippen molar-refractivity contribution in [3.05, 3.63) is 45.1 Å². The maximum atomic E-state index is 12.1. The summed E-state index contributed by atoms with van der Waals surface area (Å²) in [7, 11) is 0. The first-order valence-corrected chi connectivity index (χ1v) is 7.03. The summed E-state index contributed by atoms with van der Waals surface area (Å²) in [4.78, 5) is 14.0. The van der Waals surface area contributed by atoms with Gasteiger partial charge in [0.15, 0.2) is 0 Å². The van der Waals surface area contributed by atoms with Crippen LogP contribution in [0, 0.1) is 13.8 Å². The van der Waals surface area contributed by atoms with Crippen molar-refractivity contribution in [3.63, 3.8) is 0 Å². The molecule has 1 aromatic heterocycles. The fourth-order valence-electron chi connectivity index (χ4n) is 1.91. The Morgan fingerprint density at radius 3 is 2.63 bits per heavy atom. The number of hydrogen-bond donors (Lipinski definition) is 2. The van der Waals surface area contributed by atoms with Crippen molar-refractivity contribution >= 4 is 22.9 Å². The summed E-state index contributed by atoms with van der Waals surface area (Å²) in [5, 5.41) is 12.5. The van der Waals surface area contributed by atoms with Crippen molar-refractivity contribution in [3.8, 4) is 5.75 Å². The molecule has 0 atom stereocenters. The number of anilines is 1. The van der Waals surface area contributed by atoms with Crippen LogP contribution in [-0.2, 0) is 6.42 Å². The van der Waals surface area contributed by atoms with Gasteiger partial charge < -0.3 is 10.4 Å². The largest absolute Gasteiger partial charge is 0.506 e. The molecular weight excluding hydrogens is 258 g/mol. The number of carbonyl (C=O) groups is 1.